The highest BCUT2D eigenvalue weighted by Gasteiger charge is 2.15. The molecule has 21 heavy (non-hydrogen) atoms. The number of hydrogen-bond donors (Lipinski definition) is 0. The van der Waals surface area contributed by atoms with Gasteiger partial charge in [-0.25, -0.2) is 4.39 Å². The van der Waals surface area contributed by atoms with Crippen LogP contribution < -0.4 is 4.74 Å². The third-order valence-corrected chi connectivity index (χ3v) is 3.36. The van der Waals surface area contributed by atoms with Gasteiger partial charge in [0, 0.05) is 13.6 Å². The van der Waals surface area contributed by atoms with E-state index in [2.05, 4.69) is 0 Å². The first-order valence-corrected chi connectivity index (χ1v) is 6.75. The fourth-order valence-corrected chi connectivity index (χ4v) is 2.14. The summed E-state index contributed by atoms with van der Waals surface area (Å²) in [7, 11) is 3.29. The molecule has 110 valence electrons. The van der Waals surface area contributed by atoms with Crippen molar-refractivity contribution in [2.45, 2.75) is 6.42 Å². The molecule has 0 heterocycles. The number of ether oxygens (including phenoxy) is 1. The Hall–Kier alpha value is -2.36. The standard InChI is InChI=1S/C17H18FNO2/c1-19(17(20)14-8-4-5-9-15(14)18)12-11-13-7-3-6-10-16(13)21-2/h3-10H,11-12H2,1-2H3. The molecule has 0 aliphatic carbocycles. The van der Waals surface area contributed by atoms with Crippen LogP contribution in [-0.2, 0) is 6.42 Å². The van der Waals surface area contributed by atoms with E-state index in [1.807, 2.05) is 24.3 Å². The van der Waals surface area contributed by atoms with E-state index < -0.39 is 5.82 Å². The molecule has 0 unspecified atom stereocenters. The average Bonchev–Trinajstić information content (AvgIpc) is 2.52. The Bertz CT molecular complexity index is 628. The van der Waals surface area contributed by atoms with Gasteiger partial charge in [0.1, 0.15) is 11.6 Å². The monoisotopic (exact) mass is 287 g/mol. The van der Waals surface area contributed by atoms with E-state index >= 15 is 0 Å². The molecule has 3 nitrogen and oxygen atoms in total. The van der Waals surface area contributed by atoms with Gasteiger partial charge in [-0.2, -0.15) is 0 Å². The lowest BCUT2D eigenvalue weighted by molar-refractivity contribution is 0.0791. The molecule has 2 rings (SSSR count). The topological polar surface area (TPSA) is 29.5 Å². The minimum atomic E-state index is -0.494. The number of para-hydroxylation sites is 1. The van der Waals surface area contributed by atoms with E-state index in [4.69, 9.17) is 4.74 Å². The van der Waals surface area contributed by atoms with Crippen LogP contribution in [0, 0.1) is 5.82 Å². The largest absolute Gasteiger partial charge is 0.496 e. The fraction of sp³-hybridized carbons (Fsp3) is 0.235. The van der Waals surface area contributed by atoms with E-state index in [9.17, 15) is 9.18 Å². The van der Waals surface area contributed by atoms with Gasteiger partial charge in [0.05, 0.1) is 12.7 Å². The Morgan fingerprint density at radius 1 is 1.14 bits per heavy atom. The first kappa shape index (κ1) is 15.0. The summed E-state index contributed by atoms with van der Waals surface area (Å²) in [6.45, 7) is 0.494. The van der Waals surface area contributed by atoms with Gasteiger partial charge in [0.2, 0.25) is 0 Å². The first-order valence-electron chi connectivity index (χ1n) is 6.75. The average molecular weight is 287 g/mol. The number of carbonyl (C=O) groups excluding carboxylic acids is 1. The van der Waals surface area contributed by atoms with Crippen LogP contribution in [0.3, 0.4) is 0 Å². The van der Waals surface area contributed by atoms with Crippen LogP contribution in [0.1, 0.15) is 15.9 Å². The fourth-order valence-electron chi connectivity index (χ4n) is 2.14. The summed E-state index contributed by atoms with van der Waals surface area (Å²) in [5.74, 6) is -0.0149. The lowest BCUT2D eigenvalue weighted by Gasteiger charge is -2.18. The van der Waals surface area contributed by atoms with Crippen LogP contribution in [0.2, 0.25) is 0 Å². The third-order valence-electron chi connectivity index (χ3n) is 3.36. The number of amides is 1. The predicted molar refractivity (Wildman–Crippen MR) is 80.1 cm³/mol. The van der Waals surface area contributed by atoms with E-state index in [-0.39, 0.29) is 11.5 Å². The molecule has 0 fully saturated rings. The zero-order chi connectivity index (χ0) is 15.2. The Morgan fingerprint density at radius 3 is 2.52 bits per heavy atom. The Morgan fingerprint density at radius 2 is 1.81 bits per heavy atom. The van der Waals surface area contributed by atoms with Gasteiger partial charge < -0.3 is 9.64 Å². The molecule has 0 saturated carbocycles. The lowest BCUT2D eigenvalue weighted by atomic mass is 10.1. The molecule has 2 aromatic carbocycles. The summed E-state index contributed by atoms with van der Waals surface area (Å²) >= 11 is 0. The molecule has 0 atom stereocenters. The second-order valence-corrected chi connectivity index (χ2v) is 4.77. The van der Waals surface area contributed by atoms with Crippen molar-refractivity contribution in [3.8, 4) is 5.75 Å². The normalized spacial score (nSPS) is 10.2. The molecule has 1 amide bonds. The van der Waals surface area contributed by atoms with Gasteiger partial charge in [0.25, 0.3) is 5.91 Å². The molecule has 4 heteroatoms. The minimum absolute atomic E-state index is 0.0972. The molecule has 0 bridgehead atoms. The van der Waals surface area contributed by atoms with Crippen LogP contribution in [-0.4, -0.2) is 31.5 Å². The smallest absolute Gasteiger partial charge is 0.256 e. The molecular weight excluding hydrogens is 269 g/mol. The maximum atomic E-state index is 13.6. The molecule has 0 aliphatic heterocycles. The summed E-state index contributed by atoms with van der Waals surface area (Å²) in [5, 5.41) is 0. The maximum Gasteiger partial charge on any atom is 0.256 e. The highest BCUT2D eigenvalue weighted by atomic mass is 19.1. The Balaban J connectivity index is 2.03. The zero-order valence-electron chi connectivity index (χ0n) is 12.2. The van der Waals surface area contributed by atoms with Crippen molar-refractivity contribution in [1.82, 2.24) is 4.90 Å². The van der Waals surface area contributed by atoms with E-state index in [0.717, 1.165) is 11.3 Å². The van der Waals surface area contributed by atoms with Gasteiger partial charge in [-0.15, -0.1) is 0 Å². The highest BCUT2D eigenvalue weighted by molar-refractivity contribution is 5.94. The number of likely N-dealkylation sites (N-methyl/N-ethyl adjacent to an activating group) is 1. The van der Waals surface area contributed by atoms with Crippen LogP contribution in [0.25, 0.3) is 0 Å². The molecule has 0 aromatic heterocycles. The Labute approximate surface area is 124 Å². The molecule has 0 aliphatic rings. The van der Waals surface area contributed by atoms with Crippen molar-refractivity contribution in [2.24, 2.45) is 0 Å². The van der Waals surface area contributed by atoms with Crippen molar-refractivity contribution < 1.29 is 13.9 Å². The second-order valence-electron chi connectivity index (χ2n) is 4.77. The van der Waals surface area contributed by atoms with Crippen molar-refractivity contribution in [3.63, 3.8) is 0 Å². The number of carbonyl (C=O) groups is 1. The van der Waals surface area contributed by atoms with Crippen LogP contribution in [0.4, 0.5) is 4.39 Å². The second kappa shape index (κ2) is 6.88. The number of hydrogen-bond acceptors (Lipinski definition) is 2. The summed E-state index contributed by atoms with van der Waals surface area (Å²) in [5.41, 5.74) is 1.12. The van der Waals surface area contributed by atoms with Gasteiger partial charge in [-0.05, 0) is 30.2 Å². The molecule has 2 aromatic rings. The third kappa shape index (κ3) is 3.60. The van der Waals surface area contributed by atoms with E-state index in [1.54, 1.807) is 26.3 Å². The number of halogens is 1. The molecular formula is C17H18FNO2. The first-order chi connectivity index (χ1) is 10.1. The van der Waals surface area contributed by atoms with Crippen molar-refractivity contribution >= 4 is 5.91 Å². The maximum absolute atomic E-state index is 13.6. The molecule has 0 spiro atoms. The SMILES string of the molecule is COc1ccccc1CCN(C)C(=O)c1ccccc1F. The lowest BCUT2D eigenvalue weighted by Crippen LogP contribution is -2.29. The Kier molecular flexibility index (Phi) is 4.93. The number of rotatable bonds is 5. The summed E-state index contributed by atoms with van der Waals surface area (Å²) in [4.78, 5) is 13.7. The van der Waals surface area contributed by atoms with Crippen molar-refractivity contribution in [1.29, 1.82) is 0 Å². The van der Waals surface area contributed by atoms with Gasteiger partial charge in [-0.1, -0.05) is 30.3 Å². The number of nitrogens with zero attached hydrogens (tertiary/aromatic N) is 1. The van der Waals surface area contributed by atoms with Gasteiger partial charge in [-0.3, -0.25) is 4.79 Å². The quantitative estimate of drug-likeness (QED) is 0.845. The van der Waals surface area contributed by atoms with Crippen LogP contribution in [0.5, 0.6) is 5.75 Å². The van der Waals surface area contributed by atoms with Crippen molar-refractivity contribution in [3.05, 3.63) is 65.5 Å². The van der Waals surface area contributed by atoms with Gasteiger partial charge in [0.15, 0.2) is 0 Å². The highest BCUT2D eigenvalue weighted by Crippen LogP contribution is 2.18. The number of benzene rings is 2. The summed E-state index contributed by atoms with van der Waals surface area (Å²) in [6, 6.07) is 13.7. The van der Waals surface area contributed by atoms with E-state index in [0.29, 0.717) is 13.0 Å². The van der Waals surface area contributed by atoms with Crippen molar-refractivity contribution in [2.75, 3.05) is 20.7 Å². The molecule has 0 N–H and O–H groups in total. The molecule has 0 saturated heterocycles. The van der Waals surface area contributed by atoms with Crippen LogP contribution in [0.15, 0.2) is 48.5 Å². The van der Waals surface area contributed by atoms with E-state index in [1.165, 1.54) is 17.0 Å². The molecule has 0 radical (unpaired) electrons. The van der Waals surface area contributed by atoms with Crippen LogP contribution >= 0.6 is 0 Å². The summed E-state index contributed by atoms with van der Waals surface area (Å²) < 4.78 is 18.9. The summed E-state index contributed by atoms with van der Waals surface area (Å²) in [6.07, 6.45) is 0.653. The van der Waals surface area contributed by atoms with Gasteiger partial charge >= 0.3 is 0 Å². The number of methoxy groups -OCH3 is 1. The predicted octanol–water partition coefficient (Wildman–Crippen LogP) is 3.15. The zero-order valence-corrected chi connectivity index (χ0v) is 12.2. The minimum Gasteiger partial charge on any atom is -0.496 e.